The summed E-state index contributed by atoms with van der Waals surface area (Å²) in [5.74, 6) is -3.74. The van der Waals surface area contributed by atoms with E-state index < -0.39 is 60.4 Å². The maximum absolute atomic E-state index is 13.0. The predicted molar refractivity (Wildman–Crippen MR) is 155 cm³/mol. The van der Waals surface area contributed by atoms with Crippen LogP contribution >= 0.6 is 0 Å². The Morgan fingerprint density at radius 1 is 0.907 bits per heavy atom. The molecule has 43 heavy (non-hydrogen) atoms. The quantitative estimate of drug-likeness (QED) is 0.183. The number of nitrogens with one attached hydrogen (secondary N) is 4. The average Bonchev–Trinajstić information content (AvgIpc) is 3.80. The van der Waals surface area contributed by atoms with E-state index in [1.54, 1.807) is 4.90 Å². The van der Waals surface area contributed by atoms with Gasteiger partial charge in [-0.05, 0) is 49.4 Å². The molecule has 2 heterocycles. The highest BCUT2D eigenvalue weighted by Gasteiger charge is 2.52. The van der Waals surface area contributed by atoms with Crippen LogP contribution in [0.4, 0.5) is 4.79 Å². The fraction of sp³-hybridized carbons (Fsp3) is 0.448. The first-order valence-corrected chi connectivity index (χ1v) is 14.2. The van der Waals surface area contributed by atoms with Crippen LogP contribution in [-0.4, -0.2) is 89.4 Å². The molecule has 0 bridgehead atoms. The van der Waals surface area contributed by atoms with Crippen LogP contribution in [0.2, 0.25) is 0 Å². The summed E-state index contributed by atoms with van der Waals surface area (Å²) in [5.41, 5.74) is 8.41. The molecule has 2 fully saturated rings. The van der Waals surface area contributed by atoms with Gasteiger partial charge in [0.15, 0.2) is 12.2 Å². The molecule has 14 heteroatoms. The van der Waals surface area contributed by atoms with Gasteiger partial charge in [-0.3, -0.25) is 29.4 Å². The number of fused-ring (bicyclic) bond motifs is 1. The van der Waals surface area contributed by atoms with Crippen molar-refractivity contribution in [2.45, 2.75) is 63.9 Å². The van der Waals surface area contributed by atoms with Crippen molar-refractivity contribution in [2.24, 2.45) is 5.73 Å². The second kappa shape index (κ2) is 14.0. The van der Waals surface area contributed by atoms with Crippen molar-refractivity contribution < 1.29 is 33.5 Å². The van der Waals surface area contributed by atoms with Gasteiger partial charge in [0, 0.05) is 19.6 Å². The van der Waals surface area contributed by atoms with E-state index >= 15 is 0 Å². The van der Waals surface area contributed by atoms with Crippen molar-refractivity contribution in [2.75, 3.05) is 19.6 Å². The lowest BCUT2D eigenvalue weighted by molar-refractivity contribution is -0.145. The molecule has 2 aromatic carbocycles. The molecule has 2 aromatic rings. The minimum absolute atomic E-state index is 0.205. The van der Waals surface area contributed by atoms with E-state index in [-0.39, 0.29) is 12.6 Å². The highest BCUT2D eigenvalue weighted by atomic mass is 16.6. The Bertz CT molecular complexity index is 1390. The fourth-order valence-electron chi connectivity index (χ4n) is 4.78. The number of hydrogen-bond donors (Lipinski definition) is 5. The molecule has 0 unspecified atom stereocenters. The molecule has 7 amide bonds. The SMILES string of the molecule is C[C@H](NC(=O)[C@H](C)NC(=O)N1CCCCC1)C(=O)NN(CC(N)=O)C(=O)[C@H]1O[C@@H]1C(=O)NCc1cccc2ccccc12. The second-order valence-corrected chi connectivity index (χ2v) is 10.6. The molecule has 0 spiro atoms. The first-order valence-electron chi connectivity index (χ1n) is 14.2. The van der Waals surface area contributed by atoms with Gasteiger partial charge in [-0.1, -0.05) is 42.5 Å². The molecule has 2 aliphatic heterocycles. The Labute approximate surface area is 248 Å². The zero-order valence-electron chi connectivity index (χ0n) is 24.1. The monoisotopic (exact) mass is 595 g/mol. The smallest absolute Gasteiger partial charge is 0.318 e. The number of epoxide rings is 1. The molecule has 0 aromatic heterocycles. The van der Waals surface area contributed by atoms with Gasteiger partial charge in [0.05, 0.1) is 0 Å². The third kappa shape index (κ3) is 8.19. The van der Waals surface area contributed by atoms with Crippen LogP contribution in [0.5, 0.6) is 0 Å². The van der Waals surface area contributed by atoms with Crippen LogP contribution < -0.4 is 27.1 Å². The number of ether oxygens (including phenoxy) is 1. The maximum atomic E-state index is 13.0. The van der Waals surface area contributed by atoms with E-state index in [4.69, 9.17) is 10.5 Å². The zero-order valence-corrected chi connectivity index (χ0v) is 24.1. The number of benzene rings is 2. The van der Waals surface area contributed by atoms with E-state index in [2.05, 4.69) is 21.4 Å². The van der Waals surface area contributed by atoms with E-state index in [1.807, 2.05) is 42.5 Å². The number of rotatable bonds is 10. The Balaban J connectivity index is 1.27. The maximum Gasteiger partial charge on any atom is 0.318 e. The van der Waals surface area contributed by atoms with Crippen LogP contribution in [0.1, 0.15) is 38.7 Å². The largest absolute Gasteiger partial charge is 0.368 e. The third-order valence-corrected chi connectivity index (χ3v) is 7.28. The van der Waals surface area contributed by atoms with Crippen LogP contribution in [0.15, 0.2) is 42.5 Å². The molecule has 14 nitrogen and oxygen atoms in total. The summed E-state index contributed by atoms with van der Waals surface area (Å²) in [7, 11) is 0. The summed E-state index contributed by atoms with van der Waals surface area (Å²) >= 11 is 0. The van der Waals surface area contributed by atoms with Gasteiger partial charge >= 0.3 is 6.03 Å². The van der Waals surface area contributed by atoms with Crippen molar-refractivity contribution in [1.82, 2.24) is 31.3 Å². The molecule has 0 radical (unpaired) electrons. The Morgan fingerprint density at radius 3 is 2.30 bits per heavy atom. The molecule has 4 atom stereocenters. The first-order chi connectivity index (χ1) is 20.5. The Hall–Kier alpha value is -4.72. The zero-order chi connectivity index (χ0) is 31.1. The number of carbonyl (C=O) groups is 6. The molecule has 0 aliphatic carbocycles. The molecule has 4 rings (SSSR count). The van der Waals surface area contributed by atoms with E-state index in [1.165, 1.54) is 13.8 Å². The van der Waals surface area contributed by atoms with Gasteiger partial charge in [-0.15, -0.1) is 0 Å². The Morgan fingerprint density at radius 2 is 1.58 bits per heavy atom. The summed E-state index contributed by atoms with van der Waals surface area (Å²) in [6.07, 6.45) is 0.495. The number of likely N-dealkylation sites (tertiary alicyclic amines) is 1. The molecule has 0 saturated carbocycles. The number of nitrogens with two attached hydrogens (primary N) is 1. The van der Waals surface area contributed by atoms with Gasteiger partial charge < -0.3 is 31.3 Å². The van der Waals surface area contributed by atoms with Crippen molar-refractivity contribution in [3.8, 4) is 0 Å². The number of piperidine rings is 1. The summed E-state index contributed by atoms with van der Waals surface area (Å²) in [6, 6.07) is 11.0. The highest BCUT2D eigenvalue weighted by Crippen LogP contribution is 2.25. The summed E-state index contributed by atoms with van der Waals surface area (Å²) < 4.78 is 5.28. The number of hydrogen-bond acceptors (Lipinski definition) is 7. The lowest BCUT2D eigenvalue weighted by Gasteiger charge is -2.28. The lowest BCUT2D eigenvalue weighted by atomic mass is 10.0. The average molecular weight is 596 g/mol. The van der Waals surface area contributed by atoms with Crippen molar-refractivity contribution in [1.29, 1.82) is 0 Å². The first kappa shape index (κ1) is 31.2. The number of nitrogens with zero attached hydrogens (tertiary/aromatic N) is 2. The Kier molecular flexibility index (Phi) is 10.1. The molecule has 230 valence electrons. The summed E-state index contributed by atoms with van der Waals surface area (Å²) in [4.78, 5) is 76.8. The summed E-state index contributed by atoms with van der Waals surface area (Å²) in [5, 5.41) is 10.5. The molecular weight excluding hydrogens is 558 g/mol. The van der Waals surface area contributed by atoms with Crippen LogP contribution in [0.25, 0.3) is 10.8 Å². The fourth-order valence-corrected chi connectivity index (χ4v) is 4.78. The standard InChI is InChI=1S/C29H37N7O7/c1-17(33-29(42)35-13-6-3-7-14-35)25(38)32-18(2)26(39)34-36(16-22(30)37)28(41)24-23(43-24)27(40)31-15-20-11-8-10-19-9-4-5-12-21(19)20/h4-5,8-12,17-18,23-24H,3,6-7,13-16H2,1-2H3,(H2,30,37)(H,31,40)(H,32,38)(H,33,42)(H,34,39)/t17-,18-,23-,24-/m0/s1. The van der Waals surface area contributed by atoms with Crippen LogP contribution in [0.3, 0.4) is 0 Å². The van der Waals surface area contributed by atoms with E-state index in [9.17, 15) is 28.8 Å². The normalized spacial score (nSPS) is 19.0. The van der Waals surface area contributed by atoms with Crippen LogP contribution in [0, 0.1) is 0 Å². The predicted octanol–water partition coefficient (Wildman–Crippen LogP) is -0.343. The van der Waals surface area contributed by atoms with Gasteiger partial charge in [0.1, 0.15) is 18.6 Å². The molecule has 2 saturated heterocycles. The van der Waals surface area contributed by atoms with Crippen molar-refractivity contribution in [3.05, 3.63) is 48.0 Å². The van der Waals surface area contributed by atoms with Crippen molar-refractivity contribution in [3.63, 3.8) is 0 Å². The van der Waals surface area contributed by atoms with Gasteiger partial charge in [-0.25, -0.2) is 9.80 Å². The van der Waals surface area contributed by atoms with Gasteiger partial charge in [0.2, 0.25) is 11.8 Å². The molecule has 6 N–H and O–H groups in total. The summed E-state index contributed by atoms with van der Waals surface area (Å²) in [6.45, 7) is 3.60. The van der Waals surface area contributed by atoms with Crippen molar-refractivity contribution >= 4 is 46.3 Å². The molecular formula is C29H37N7O7. The van der Waals surface area contributed by atoms with E-state index in [0.717, 1.165) is 35.6 Å². The minimum Gasteiger partial charge on any atom is -0.368 e. The molecule has 2 aliphatic rings. The third-order valence-electron chi connectivity index (χ3n) is 7.28. The van der Waals surface area contributed by atoms with Gasteiger partial charge in [-0.2, -0.15) is 0 Å². The number of urea groups is 1. The van der Waals surface area contributed by atoms with E-state index in [0.29, 0.717) is 18.1 Å². The second-order valence-electron chi connectivity index (χ2n) is 10.6. The number of hydrazine groups is 1. The topological polar surface area (TPSA) is 196 Å². The number of primary amides is 1. The lowest BCUT2D eigenvalue weighted by Crippen LogP contribution is -2.58. The minimum atomic E-state index is -1.23. The van der Waals surface area contributed by atoms with Gasteiger partial charge in [0.25, 0.3) is 17.7 Å². The number of amides is 7. The highest BCUT2D eigenvalue weighted by molar-refractivity contribution is 5.98. The van der Waals surface area contributed by atoms with Crippen LogP contribution in [-0.2, 0) is 35.3 Å². The number of carbonyl (C=O) groups excluding carboxylic acids is 6.